The number of rotatable bonds is 8. The summed E-state index contributed by atoms with van der Waals surface area (Å²) in [7, 11) is 0. The fraction of sp³-hybridized carbons (Fsp3) is 0.500. The first-order valence-corrected chi connectivity index (χ1v) is 11.3. The lowest BCUT2D eigenvalue weighted by molar-refractivity contribution is -0.148. The van der Waals surface area contributed by atoms with Crippen LogP contribution in [0.1, 0.15) is 41.2 Å². The number of benzene rings is 1. The van der Waals surface area contributed by atoms with Crippen LogP contribution in [-0.4, -0.2) is 49.1 Å². The van der Waals surface area contributed by atoms with Crippen LogP contribution in [0.4, 0.5) is 5.13 Å². The number of nitrogens with one attached hydrogen (secondary N) is 2. The highest BCUT2D eigenvalue weighted by atomic mass is 32.1. The molecule has 2 atom stereocenters. The summed E-state index contributed by atoms with van der Waals surface area (Å²) in [5, 5.41) is 7.07. The van der Waals surface area contributed by atoms with E-state index in [2.05, 4.69) is 20.5 Å². The Morgan fingerprint density at radius 1 is 1.27 bits per heavy atom. The number of carbonyl (C=O) groups excluding carboxylic acids is 2. The molecule has 1 saturated heterocycles. The van der Waals surface area contributed by atoms with E-state index in [4.69, 9.17) is 4.74 Å². The molecule has 3 rings (SSSR count). The highest BCUT2D eigenvalue weighted by molar-refractivity contribution is 7.17. The van der Waals surface area contributed by atoms with E-state index >= 15 is 0 Å². The van der Waals surface area contributed by atoms with E-state index in [1.54, 1.807) is 0 Å². The molecule has 1 aliphatic heterocycles. The molecule has 1 aromatic heterocycles. The Morgan fingerprint density at radius 2 is 1.97 bits per heavy atom. The first-order chi connectivity index (χ1) is 14.5. The number of ether oxygens (including phenoxy) is 1. The van der Waals surface area contributed by atoms with E-state index in [0.717, 1.165) is 43.3 Å². The van der Waals surface area contributed by atoms with Crippen molar-refractivity contribution in [3.63, 3.8) is 0 Å². The normalized spacial score (nSPS) is 16.0. The van der Waals surface area contributed by atoms with Gasteiger partial charge in [-0.25, -0.2) is 9.78 Å². The lowest BCUT2D eigenvalue weighted by atomic mass is 9.99. The number of nitrogens with zero attached hydrogens (tertiary/aromatic N) is 2. The highest BCUT2D eigenvalue weighted by Crippen LogP contribution is 2.26. The van der Waals surface area contributed by atoms with E-state index in [1.165, 1.54) is 11.3 Å². The molecular weight excluding hydrogens is 400 g/mol. The van der Waals surface area contributed by atoms with Gasteiger partial charge >= 0.3 is 5.97 Å². The zero-order valence-electron chi connectivity index (χ0n) is 17.8. The Morgan fingerprint density at radius 3 is 2.63 bits per heavy atom. The first-order valence-electron chi connectivity index (χ1n) is 10.4. The Labute approximate surface area is 181 Å². The van der Waals surface area contributed by atoms with Crippen molar-refractivity contribution in [1.29, 1.82) is 0 Å². The van der Waals surface area contributed by atoms with Gasteiger partial charge in [0.25, 0.3) is 5.91 Å². The molecule has 0 spiro atoms. The number of carbonyl (C=O) groups is 2. The average Bonchev–Trinajstić information content (AvgIpc) is 3.18. The van der Waals surface area contributed by atoms with Gasteiger partial charge in [0, 0.05) is 26.2 Å². The molecule has 2 N–H and O–H groups in total. The smallest absolute Gasteiger partial charge is 0.329 e. The molecule has 0 bridgehead atoms. The Bertz CT molecular complexity index is 849. The number of hydrogen-bond acceptors (Lipinski definition) is 7. The van der Waals surface area contributed by atoms with Gasteiger partial charge in [0.2, 0.25) is 0 Å². The molecule has 1 amide bonds. The maximum absolute atomic E-state index is 13.0. The Kier molecular flexibility index (Phi) is 7.81. The zero-order valence-corrected chi connectivity index (χ0v) is 18.6. The maximum atomic E-state index is 13.0. The highest BCUT2D eigenvalue weighted by Gasteiger charge is 2.29. The summed E-state index contributed by atoms with van der Waals surface area (Å²) in [6.45, 7) is 9.52. The van der Waals surface area contributed by atoms with Gasteiger partial charge in [-0.05, 0) is 18.4 Å². The van der Waals surface area contributed by atoms with E-state index in [9.17, 15) is 9.59 Å². The van der Waals surface area contributed by atoms with Crippen LogP contribution in [-0.2, 0) is 16.1 Å². The SMILES string of the molecule is CC[C@H](C)[C@H](NC(=O)c1sc(N2CCNCC2)nc1C)C(=O)OCc1ccccc1. The summed E-state index contributed by atoms with van der Waals surface area (Å²) in [6.07, 6.45) is 0.749. The van der Waals surface area contributed by atoms with Gasteiger partial charge in [0.1, 0.15) is 17.5 Å². The molecule has 1 aliphatic rings. The van der Waals surface area contributed by atoms with Gasteiger partial charge in [-0.3, -0.25) is 4.79 Å². The first kappa shape index (κ1) is 22.2. The fourth-order valence-electron chi connectivity index (χ4n) is 3.28. The standard InChI is InChI=1S/C22H30N4O3S/c1-4-15(2)18(21(28)29-14-17-8-6-5-7-9-17)25-20(27)19-16(3)24-22(30-19)26-12-10-23-11-13-26/h5-9,15,18,23H,4,10-14H2,1-3H3,(H,25,27)/t15-,18-/m0/s1. The molecule has 0 unspecified atom stereocenters. The lowest BCUT2D eigenvalue weighted by Crippen LogP contribution is -2.45. The van der Waals surface area contributed by atoms with E-state index < -0.39 is 12.0 Å². The third-order valence-corrected chi connectivity index (χ3v) is 6.57. The van der Waals surface area contributed by atoms with Crippen LogP contribution in [0.2, 0.25) is 0 Å². The van der Waals surface area contributed by atoms with Crippen molar-refractivity contribution in [3.05, 3.63) is 46.5 Å². The van der Waals surface area contributed by atoms with Crippen molar-refractivity contribution < 1.29 is 14.3 Å². The minimum Gasteiger partial charge on any atom is -0.459 e. The van der Waals surface area contributed by atoms with Gasteiger partial charge in [0.15, 0.2) is 5.13 Å². The zero-order chi connectivity index (χ0) is 21.5. The summed E-state index contributed by atoms with van der Waals surface area (Å²) in [5.41, 5.74) is 1.60. The fourth-order valence-corrected chi connectivity index (χ4v) is 4.30. The second-order valence-corrected chi connectivity index (χ2v) is 8.56. The summed E-state index contributed by atoms with van der Waals surface area (Å²) >= 11 is 1.38. The molecule has 2 aromatic rings. The predicted octanol–water partition coefficient (Wildman–Crippen LogP) is 2.75. The minimum atomic E-state index is -0.699. The van der Waals surface area contributed by atoms with Crippen LogP contribution in [0.25, 0.3) is 0 Å². The van der Waals surface area contributed by atoms with E-state index in [1.807, 2.05) is 51.1 Å². The van der Waals surface area contributed by atoms with Crippen LogP contribution in [0.15, 0.2) is 30.3 Å². The molecule has 30 heavy (non-hydrogen) atoms. The second-order valence-electron chi connectivity index (χ2n) is 7.58. The van der Waals surface area contributed by atoms with Gasteiger partial charge < -0.3 is 20.3 Å². The molecule has 162 valence electrons. The summed E-state index contributed by atoms with van der Waals surface area (Å²) < 4.78 is 5.50. The van der Waals surface area contributed by atoms with Crippen molar-refractivity contribution in [3.8, 4) is 0 Å². The van der Waals surface area contributed by atoms with Crippen molar-refractivity contribution in [2.75, 3.05) is 31.1 Å². The molecule has 0 radical (unpaired) electrons. The summed E-state index contributed by atoms with van der Waals surface area (Å²) in [6, 6.07) is 8.83. The molecule has 0 aliphatic carbocycles. The lowest BCUT2D eigenvalue weighted by Gasteiger charge is -2.26. The number of thiazole rings is 1. The van der Waals surface area contributed by atoms with Crippen molar-refractivity contribution in [1.82, 2.24) is 15.6 Å². The molecular formula is C22H30N4O3S. The van der Waals surface area contributed by atoms with Crippen LogP contribution in [0, 0.1) is 12.8 Å². The Balaban J connectivity index is 1.67. The largest absolute Gasteiger partial charge is 0.459 e. The predicted molar refractivity (Wildman–Crippen MR) is 119 cm³/mol. The second kappa shape index (κ2) is 10.5. The maximum Gasteiger partial charge on any atom is 0.329 e. The third kappa shape index (κ3) is 5.58. The van der Waals surface area contributed by atoms with Crippen LogP contribution < -0.4 is 15.5 Å². The molecule has 8 heteroatoms. The number of esters is 1. The third-order valence-electron chi connectivity index (χ3n) is 5.36. The van der Waals surface area contributed by atoms with Gasteiger partial charge in [-0.2, -0.15) is 0 Å². The van der Waals surface area contributed by atoms with E-state index in [0.29, 0.717) is 10.6 Å². The molecule has 0 saturated carbocycles. The molecule has 1 aromatic carbocycles. The van der Waals surface area contributed by atoms with Gasteiger partial charge in [-0.15, -0.1) is 0 Å². The van der Waals surface area contributed by atoms with Crippen LogP contribution in [0.5, 0.6) is 0 Å². The summed E-state index contributed by atoms with van der Waals surface area (Å²) in [5.74, 6) is -0.725. The number of aryl methyl sites for hydroxylation is 1. The van der Waals surface area contributed by atoms with Crippen LogP contribution in [0.3, 0.4) is 0 Å². The molecule has 2 heterocycles. The number of anilines is 1. The summed E-state index contributed by atoms with van der Waals surface area (Å²) in [4.78, 5) is 33.1. The number of piperazine rings is 1. The van der Waals surface area contributed by atoms with Gasteiger partial charge in [-0.1, -0.05) is 61.9 Å². The topological polar surface area (TPSA) is 83.6 Å². The number of aromatic nitrogens is 1. The van der Waals surface area contributed by atoms with Crippen LogP contribution >= 0.6 is 11.3 Å². The molecule has 1 fully saturated rings. The van der Waals surface area contributed by atoms with Crippen molar-refractivity contribution >= 4 is 28.3 Å². The van der Waals surface area contributed by atoms with Crippen molar-refractivity contribution in [2.24, 2.45) is 5.92 Å². The van der Waals surface area contributed by atoms with E-state index in [-0.39, 0.29) is 18.4 Å². The Hall–Kier alpha value is -2.45. The minimum absolute atomic E-state index is 0.0434. The number of amides is 1. The van der Waals surface area contributed by atoms with Crippen molar-refractivity contribution in [2.45, 2.75) is 39.8 Å². The average molecular weight is 431 g/mol. The van der Waals surface area contributed by atoms with Gasteiger partial charge in [0.05, 0.1) is 5.69 Å². The molecule has 7 nitrogen and oxygen atoms in total. The monoisotopic (exact) mass is 430 g/mol. The quantitative estimate of drug-likeness (QED) is 0.627. The number of hydrogen-bond donors (Lipinski definition) is 2.